The minimum Gasteiger partial charge on any atom is -0.393 e. The first kappa shape index (κ1) is 14.7. The molecular weight excluding hydrogens is 219 g/mol. The van der Waals surface area contributed by atoms with Crippen molar-refractivity contribution in [2.75, 3.05) is 5.75 Å². The van der Waals surface area contributed by atoms with Crippen LogP contribution in [0.3, 0.4) is 0 Å². The van der Waals surface area contributed by atoms with Crippen molar-refractivity contribution in [1.82, 2.24) is 0 Å². The SMILES string of the molecule is CCSOC(=O)[C@H](C)C(F)C(C)C(C)O. The van der Waals surface area contributed by atoms with E-state index < -0.39 is 30.1 Å². The monoisotopic (exact) mass is 238 g/mol. The van der Waals surface area contributed by atoms with Crippen LogP contribution < -0.4 is 0 Å². The summed E-state index contributed by atoms with van der Waals surface area (Å²) in [5.74, 6) is -1.34. The molecule has 5 heteroatoms. The van der Waals surface area contributed by atoms with Crippen molar-refractivity contribution in [3.63, 3.8) is 0 Å². The number of alkyl halides is 1. The molecule has 0 aliphatic carbocycles. The molecule has 4 atom stereocenters. The molecule has 0 aromatic rings. The second-order valence-corrected chi connectivity index (χ2v) is 4.62. The Morgan fingerprint density at radius 2 is 2.00 bits per heavy atom. The van der Waals surface area contributed by atoms with Gasteiger partial charge in [0.2, 0.25) is 0 Å². The molecule has 0 aromatic heterocycles. The van der Waals surface area contributed by atoms with Crippen molar-refractivity contribution >= 4 is 18.0 Å². The van der Waals surface area contributed by atoms with Gasteiger partial charge in [0.25, 0.3) is 0 Å². The molecule has 0 rings (SSSR count). The van der Waals surface area contributed by atoms with Gasteiger partial charge in [-0.2, -0.15) is 0 Å². The fourth-order valence-corrected chi connectivity index (χ4v) is 1.43. The zero-order valence-corrected chi connectivity index (χ0v) is 10.4. The molecule has 0 heterocycles. The zero-order chi connectivity index (χ0) is 12.0. The lowest BCUT2D eigenvalue weighted by molar-refractivity contribution is -0.140. The molecule has 90 valence electrons. The predicted octanol–water partition coefficient (Wildman–Crippen LogP) is 2.19. The first-order valence-corrected chi connectivity index (χ1v) is 5.98. The van der Waals surface area contributed by atoms with E-state index in [4.69, 9.17) is 4.18 Å². The summed E-state index contributed by atoms with van der Waals surface area (Å²) in [6.45, 7) is 6.40. The standard InChI is InChI=1S/C10H19FO3S/c1-5-15-14-10(13)7(3)9(11)6(2)8(4)12/h6-9,12H,5H2,1-4H3/t6?,7-,8?,9?/m1/s1. The van der Waals surface area contributed by atoms with Crippen LogP contribution in [0.4, 0.5) is 4.39 Å². The number of carbonyl (C=O) groups excluding carboxylic acids is 1. The van der Waals surface area contributed by atoms with E-state index in [-0.39, 0.29) is 0 Å². The highest BCUT2D eigenvalue weighted by atomic mass is 32.2. The van der Waals surface area contributed by atoms with Crippen LogP contribution in [0.25, 0.3) is 0 Å². The van der Waals surface area contributed by atoms with E-state index in [9.17, 15) is 14.3 Å². The molecule has 0 spiro atoms. The maximum Gasteiger partial charge on any atom is 0.323 e. The molecule has 0 aliphatic heterocycles. The molecule has 3 nitrogen and oxygen atoms in total. The van der Waals surface area contributed by atoms with E-state index in [1.807, 2.05) is 6.92 Å². The average Bonchev–Trinajstić information content (AvgIpc) is 2.22. The molecule has 1 N–H and O–H groups in total. The van der Waals surface area contributed by atoms with E-state index in [1.165, 1.54) is 13.8 Å². The molecule has 0 aromatic carbocycles. The fourth-order valence-electron chi connectivity index (χ4n) is 1.04. The van der Waals surface area contributed by atoms with E-state index in [1.54, 1.807) is 6.92 Å². The number of rotatable bonds is 6. The molecule has 15 heavy (non-hydrogen) atoms. The van der Waals surface area contributed by atoms with Gasteiger partial charge in [0.1, 0.15) is 6.17 Å². The smallest absolute Gasteiger partial charge is 0.323 e. The van der Waals surface area contributed by atoms with Crippen molar-refractivity contribution in [2.45, 2.75) is 40.0 Å². The Balaban J connectivity index is 4.18. The van der Waals surface area contributed by atoms with Crippen molar-refractivity contribution in [2.24, 2.45) is 11.8 Å². The molecule has 0 amide bonds. The molecule has 0 radical (unpaired) electrons. The van der Waals surface area contributed by atoms with Crippen LogP contribution in [0, 0.1) is 11.8 Å². The quantitative estimate of drug-likeness (QED) is 0.720. The predicted molar refractivity (Wildman–Crippen MR) is 59.1 cm³/mol. The van der Waals surface area contributed by atoms with Crippen LogP contribution in [-0.4, -0.2) is 29.1 Å². The molecule has 0 fully saturated rings. The number of hydrogen-bond donors (Lipinski definition) is 1. The molecule has 0 saturated carbocycles. The summed E-state index contributed by atoms with van der Waals surface area (Å²) in [7, 11) is 0. The lowest BCUT2D eigenvalue weighted by Gasteiger charge is -2.23. The Morgan fingerprint density at radius 1 is 1.47 bits per heavy atom. The van der Waals surface area contributed by atoms with Crippen LogP contribution >= 0.6 is 12.0 Å². The number of carbonyl (C=O) groups is 1. The number of aliphatic hydroxyl groups is 1. The highest BCUT2D eigenvalue weighted by molar-refractivity contribution is 7.95. The van der Waals surface area contributed by atoms with Gasteiger partial charge in [-0.15, -0.1) is 0 Å². The summed E-state index contributed by atoms with van der Waals surface area (Å²) in [5.41, 5.74) is 0. The molecule has 0 aliphatic rings. The first-order chi connectivity index (χ1) is 6.91. The maximum absolute atomic E-state index is 13.6. The van der Waals surface area contributed by atoms with E-state index in [0.29, 0.717) is 5.75 Å². The summed E-state index contributed by atoms with van der Waals surface area (Å²) < 4.78 is 18.4. The van der Waals surface area contributed by atoms with Gasteiger partial charge in [0.15, 0.2) is 0 Å². The minimum atomic E-state index is -1.38. The van der Waals surface area contributed by atoms with Gasteiger partial charge in [-0.25, -0.2) is 4.39 Å². The van der Waals surface area contributed by atoms with E-state index >= 15 is 0 Å². The Kier molecular flexibility index (Phi) is 6.92. The van der Waals surface area contributed by atoms with Crippen LogP contribution in [-0.2, 0) is 8.98 Å². The second kappa shape index (κ2) is 7.06. The summed E-state index contributed by atoms with van der Waals surface area (Å²) in [6.07, 6.45) is -2.15. The highest BCUT2D eigenvalue weighted by Crippen LogP contribution is 2.22. The number of halogens is 1. The summed E-state index contributed by atoms with van der Waals surface area (Å²) in [6, 6.07) is 0. The van der Waals surface area contributed by atoms with Crippen LogP contribution in [0.5, 0.6) is 0 Å². The van der Waals surface area contributed by atoms with Gasteiger partial charge < -0.3 is 9.29 Å². The average molecular weight is 238 g/mol. The fraction of sp³-hybridized carbons (Fsp3) is 0.900. The number of aliphatic hydroxyl groups excluding tert-OH is 1. The highest BCUT2D eigenvalue weighted by Gasteiger charge is 2.32. The van der Waals surface area contributed by atoms with Gasteiger partial charge in [-0.3, -0.25) is 4.79 Å². The van der Waals surface area contributed by atoms with E-state index in [2.05, 4.69) is 0 Å². The molecule has 0 bridgehead atoms. The Bertz CT molecular complexity index is 199. The third-order valence-corrected chi connectivity index (χ3v) is 2.89. The normalized spacial score (nSPS) is 19.1. The first-order valence-electron chi connectivity index (χ1n) is 5.07. The third-order valence-electron chi connectivity index (χ3n) is 2.37. The lowest BCUT2D eigenvalue weighted by Crippen LogP contribution is -2.33. The van der Waals surface area contributed by atoms with Crippen LogP contribution in [0.15, 0.2) is 0 Å². The maximum atomic E-state index is 13.6. The van der Waals surface area contributed by atoms with Crippen molar-refractivity contribution in [1.29, 1.82) is 0 Å². The van der Waals surface area contributed by atoms with Gasteiger partial charge in [0.05, 0.1) is 24.1 Å². The second-order valence-electron chi connectivity index (χ2n) is 3.64. The van der Waals surface area contributed by atoms with Gasteiger partial charge in [0, 0.05) is 11.7 Å². The summed E-state index contributed by atoms with van der Waals surface area (Å²) in [5, 5.41) is 9.20. The summed E-state index contributed by atoms with van der Waals surface area (Å²) in [4.78, 5) is 11.3. The van der Waals surface area contributed by atoms with Crippen molar-refractivity contribution in [3.05, 3.63) is 0 Å². The van der Waals surface area contributed by atoms with Crippen LogP contribution in [0.1, 0.15) is 27.7 Å². The molecule has 3 unspecified atom stereocenters. The van der Waals surface area contributed by atoms with Crippen molar-refractivity contribution in [3.8, 4) is 0 Å². The Labute approximate surface area is 94.6 Å². The Morgan fingerprint density at radius 3 is 2.40 bits per heavy atom. The van der Waals surface area contributed by atoms with Gasteiger partial charge >= 0.3 is 5.97 Å². The summed E-state index contributed by atoms with van der Waals surface area (Å²) >= 11 is 1.00. The van der Waals surface area contributed by atoms with Crippen molar-refractivity contribution < 1.29 is 18.5 Å². The molecule has 0 saturated heterocycles. The lowest BCUT2D eigenvalue weighted by atomic mass is 9.91. The topological polar surface area (TPSA) is 46.5 Å². The number of hydrogen-bond acceptors (Lipinski definition) is 4. The van der Waals surface area contributed by atoms with E-state index in [0.717, 1.165) is 12.0 Å². The largest absolute Gasteiger partial charge is 0.393 e. The third kappa shape index (κ3) is 4.84. The minimum absolute atomic E-state index is 0.568. The Hall–Kier alpha value is -0.290. The molecular formula is C10H19FO3S. The van der Waals surface area contributed by atoms with Crippen LogP contribution in [0.2, 0.25) is 0 Å². The van der Waals surface area contributed by atoms with Gasteiger partial charge in [-0.1, -0.05) is 13.8 Å². The zero-order valence-electron chi connectivity index (χ0n) is 9.57. The van der Waals surface area contributed by atoms with Gasteiger partial charge in [-0.05, 0) is 13.8 Å².